The van der Waals surface area contributed by atoms with Crippen molar-refractivity contribution in [2.24, 2.45) is 5.73 Å². The Morgan fingerprint density at radius 2 is 1.97 bits per heavy atom. The van der Waals surface area contributed by atoms with Crippen LogP contribution in [0.2, 0.25) is 0 Å². The normalized spacial score (nSPS) is 12.4. The van der Waals surface area contributed by atoms with E-state index in [1.54, 1.807) is 28.9 Å². The number of aromatic nitrogens is 3. The summed E-state index contributed by atoms with van der Waals surface area (Å²) in [6.45, 7) is 0.530. The van der Waals surface area contributed by atoms with Crippen molar-refractivity contribution in [3.05, 3.63) is 71.9 Å². The minimum atomic E-state index is 0.108. The van der Waals surface area contributed by atoms with Crippen molar-refractivity contribution < 1.29 is 0 Å². The second kappa shape index (κ2) is 7.87. The first-order valence-corrected chi connectivity index (χ1v) is 11.1. The Kier molecular flexibility index (Phi) is 4.93. The number of pyridine rings is 1. The van der Waals surface area contributed by atoms with Crippen molar-refractivity contribution in [1.29, 1.82) is 0 Å². The van der Waals surface area contributed by atoms with E-state index in [4.69, 9.17) is 5.73 Å². The molecule has 3 aromatic heterocycles. The summed E-state index contributed by atoms with van der Waals surface area (Å²) < 4.78 is 1.31. The predicted molar refractivity (Wildman–Crippen MR) is 123 cm³/mol. The molecule has 0 amide bonds. The van der Waals surface area contributed by atoms with Crippen LogP contribution in [-0.4, -0.2) is 27.8 Å². The maximum atomic E-state index is 6.05. The van der Waals surface area contributed by atoms with Gasteiger partial charge < -0.3 is 11.1 Å². The Morgan fingerprint density at radius 3 is 2.90 bits per heavy atom. The molecule has 0 saturated carbocycles. The van der Waals surface area contributed by atoms with Crippen LogP contribution < -0.4 is 11.1 Å². The van der Waals surface area contributed by atoms with Gasteiger partial charge in [0, 0.05) is 40.6 Å². The molecule has 2 aromatic carbocycles. The summed E-state index contributed by atoms with van der Waals surface area (Å²) in [6, 6.07) is 16.9. The zero-order valence-corrected chi connectivity index (χ0v) is 17.2. The summed E-state index contributed by atoms with van der Waals surface area (Å²) in [5, 5.41) is 19.7. The second-order valence-electron chi connectivity index (χ2n) is 6.89. The highest BCUT2D eigenvalue weighted by Gasteiger charge is 2.14. The Morgan fingerprint density at radius 1 is 1.03 bits per heavy atom. The standard InChI is InChI=1S/C22H19N5S2/c23-11-18(10-17-13-28-20-4-2-1-3-19(17)20)25-22-27-26-21(29-22)15-5-6-16-12-24-8-7-14(16)9-15/h1-9,12-13,18H,10-11,23H2,(H,25,27)/t18-/m1/s1. The van der Waals surface area contributed by atoms with Crippen molar-refractivity contribution in [2.75, 3.05) is 11.9 Å². The Bertz CT molecular complexity index is 1280. The molecular formula is C22H19N5S2. The van der Waals surface area contributed by atoms with Gasteiger partial charge in [-0.2, -0.15) is 0 Å². The minimum absolute atomic E-state index is 0.108. The number of nitrogens with zero attached hydrogens (tertiary/aromatic N) is 3. The van der Waals surface area contributed by atoms with Crippen LogP contribution in [0, 0.1) is 0 Å². The summed E-state index contributed by atoms with van der Waals surface area (Å²) >= 11 is 3.33. The maximum Gasteiger partial charge on any atom is 0.206 e. The number of hydrogen-bond donors (Lipinski definition) is 2. The zero-order chi connectivity index (χ0) is 19.6. The van der Waals surface area contributed by atoms with Crippen LogP contribution in [0.4, 0.5) is 5.13 Å². The van der Waals surface area contributed by atoms with Crippen LogP contribution in [0.5, 0.6) is 0 Å². The molecule has 0 spiro atoms. The Balaban J connectivity index is 1.35. The van der Waals surface area contributed by atoms with E-state index in [0.29, 0.717) is 6.54 Å². The zero-order valence-electron chi connectivity index (χ0n) is 15.6. The first kappa shape index (κ1) is 18.2. The molecule has 5 aromatic rings. The highest BCUT2D eigenvalue weighted by atomic mass is 32.1. The van der Waals surface area contributed by atoms with Gasteiger partial charge in [-0.3, -0.25) is 4.98 Å². The fourth-order valence-corrected chi connectivity index (χ4v) is 5.23. The summed E-state index contributed by atoms with van der Waals surface area (Å²) in [5.74, 6) is 0. The number of thiophene rings is 1. The topological polar surface area (TPSA) is 76.7 Å². The largest absolute Gasteiger partial charge is 0.356 e. The third-order valence-corrected chi connectivity index (χ3v) is 6.87. The molecular weight excluding hydrogens is 398 g/mol. The molecule has 144 valence electrons. The number of rotatable bonds is 6. The van der Waals surface area contributed by atoms with E-state index in [2.05, 4.69) is 68.3 Å². The molecule has 3 N–H and O–H groups in total. The average molecular weight is 418 g/mol. The van der Waals surface area contributed by atoms with Crippen LogP contribution in [0.3, 0.4) is 0 Å². The van der Waals surface area contributed by atoms with Crippen LogP contribution >= 0.6 is 22.7 Å². The second-order valence-corrected chi connectivity index (χ2v) is 8.78. The molecule has 5 rings (SSSR count). The lowest BCUT2D eigenvalue weighted by molar-refractivity contribution is 0.725. The molecule has 7 heteroatoms. The molecule has 0 radical (unpaired) electrons. The van der Waals surface area contributed by atoms with E-state index < -0.39 is 0 Å². The van der Waals surface area contributed by atoms with E-state index >= 15 is 0 Å². The quantitative estimate of drug-likeness (QED) is 0.409. The summed E-state index contributed by atoms with van der Waals surface area (Å²) in [5.41, 5.74) is 8.43. The van der Waals surface area contributed by atoms with Crippen LogP contribution in [0.1, 0.15) is 5.56 Å². The summed E-state index contributed by atoms with van der Waals surface area (Å²) in [4.78, 5) is 4.16. The fraction of sp³-hybridized carbons (Fsp3) is 0.136. The van der Waals surface area contributed by atoms with E-state index in [1.807, 2.05) is 12.3 Å². The van der Waals surface area contributed by atoms with Gasteiger partial charge in [0.25, 0.3) is 0 Å². The van der Waals surface area contributed by atoms with Crippen LogP contribution in [-0.2, 0) is 6.42 Å². The number of anilines is 1. The fourth-order valence-electron chi connectivity index (χ4n) is 3.44. The number of nitrogens with one attached hydrogen (secondary N) is 1. The first-order chi connectivity index (χ1) is 14.3. The number of fused-ring (bicyclic) bond motifs is 2. The van der Waals surface area contributed by atoms with Gasteiger partial charge >= 0.3 is 0 Å². The summed E-state index contributed by atoms with van der Waals surface area (Å²) in [7, 11) is 0. The van der Waals surface area contributed by atoms with Crippen molar-refractivity contribution in [1.82, 2.24) is 15.2 Å². The van der Waals surface area contributed by atoms with E-state index in [0.717, 1.165) is 32.9 Å². The SMILES string of the molecule is NC[C@@H](Cc1csc2ccccc12)Nc1nnc(-c2ccc3cnccc3c2)s1. The molecule has 0 bridgehead atoms. The van der Waals surface area contributed by atoms with Gasteiger partial charge in [-0.25, -0.2) is 0 Å². The van der Waals surface area contributed by atoms with Crippen LogP contribution in [0.15, 0.2) is 66.3 Å². The van der Waals surface area contributed by atoms with Gasteiger partial charge in [-0.05, 0) is 46.3 Å². The molecule has 0 aliphatic carbocycles. The van der Waals surface area contributed by atoms with E-state index in [-0.39, 0.29) is 6.04 Å². The summed E-state index contributed by atoms with van der Waals surface area (Å²) in [6.07, 6.45) is 4.53. The van der Waals surface area contributed by atoms with Crippen molar-refractivity contribution >= 4 is 48.7 Å². The van der Waals surface area contributed by atoms with Crippen LogP contribution in [0.25, 0.3) is 31.4 Å². The lowest BCUT2D eigenvalue weighted by atomic mass is 10.1. The highest BCUT2D eigenvalue weighted by Crippen LogP contribution is 2.30. The lowest BCUT2D eigenvalue weighted by Crippen LogP contribution is -2.30. The Labute approximate surface area is 176 Å². The third-order valence-electron chi connectivity index (χ3n) is 4.95. The van der Waals surface area contributed by atoms with Crippen molar-refractivity contribution in [3.8, 4) is 10.6 Å². The monoisotopic (exact) mass is 417 g/mol. The first-order valence-electron chi connectivity index (χ1n) is 9.39. The molecule has 0 aliphatic rings. The predicted octanol–water partition coefficient (Wildman–Crippen LogP) is 4.95. The lowest BCUT2D eigenvalue weighted by Gasteiger charge is -2.15. The molecule has 1 atom stereocenters. The van der Waals surface area contributed by atoms with Gasteiger partial charge in [0.15, 0.2) is 0 Å². The Hall–Kier alpha value is -2.87. The molecule has 5 nitrogen and oxygen atoms in total. The van der Waals surface area contributed by atoms with Crippen molar-refractivity contribution in [3.63, 3.8) is 0 Å². The van der Waals surface area contributed by atoms with Gasteiger partial charge in [-0.15, -0.1) is 21.5 Å². The van der Waals surface area contributed by atoms with Gasteiger partial charge in [-0.1, -0.05) is 41.7 Å². The number of nitrogens with two attached hydrogens (primary N) is 1. The molecule has 0 unspecified atom stereocenters. The van der Waals surface area contributed by atoms with Gasteiger partial charge in [0.1, 0.15) is 5.01 Å². The molecule has 0 fully saturated rings. The molecule has 0 aliphatic heterocycles. The van der Waals surface area contributed by atoms with Gasteiger partial charge in [0.05, 0.1) is 0 Å². The number of hydrogen-bond acceptors (Lipinski definition) is 7. The van der Waals surface area contributed by atoms with E-state index in [1.165, 1.54) is 15.6 Å². The minimum Gasteiger partial charge on any atom is -0.356 e. The molecule has 0 saturated heterocycles. The third kappa shape index (κ3) is 3.72. The van der Waals surface area contributed by atoms with Crippen molar-refractivity contribution in [2.45, 2.75) is 12.5 Å². The maximum absolute atomic E-state index is 6.05. The number of benzene rings is 2. The van der Waals surface area contributed by atoms with E-state index in [9.17, 15) is 0 Å². The average Bonchev–Trinajstić information content (AvgIpc) is 3.40. The highest BCUT2D eigenvalue weighted by molar-refractivity contribution is 7.18. The molecule has 3 heterocycles. The molecule has 29 heavy (non-hydrogen) atoms. The van der Waals surface area contributed by atoms with Gasteiger partial charge in [0.2, 0.25) is 5.13 Å². The smallest absolute Gasteiger partial charge is 0.206 e.